The van der Waals surface area contributed by atoms with Crippen molar-refractivity contribution in [3.05, 3.63) is 75.2 Å². The molecule has 1 aliphatic carbocycles. The second-order valence-electron chi connectivity index (χ2n) is 10.7. The summed E-state index contributed by atoms with van der Waals surface area (Å²) in [6, 6.07) is 13.0. The predicted octanol–water partition coefficient (Wildman–Crippen LogP) is 3.37. The number of carboxylic acids is 1. The Morgan fingerprint density at radius 1 is 1.13 bits per heavy atom. The monoisotopic (exact) mass is 551 g/mol. The van der Waals surface area contributed by atoms with Crippen LogP contribution in [0.25, 0.3) is 11.0 Å². The van der Waals surface area contributed by atoms with Gasteiger partial charge in [-0.3, -0.25) is 19.8 Å². The number of nitrogen functional groups attached to an aromatic ring is 1. The van der Waals surface area contributed by atoms with E-state index in [9.17, 15) is 14.4 Å². The Balaban J connectivity index is 0.00000353. The molecule has 0 spiro atoms. The number of aromatic nitrogens is 2. The Bertz CT molecular complexity index is 1470. The van der Waals surface area contributed by atoms with Crippen LogP contribution in [0.4, 0.5) is 0 Å². The lowest BCUT2D eigenvalue weighted by Crippen LogP contribution is -2.44. The summed E-state index contributed by atoms with van der Waals surface area (Å²) in [5.74, 6) is -0.274. The van der Waals surface area contributed by atoms with Crippen molar-refractivity contribution in [3.63, 3.8) is 0 Å². The van der Waals surface area contributed by atoms with Crippen molar-refractivity contribution in [2.45, 2.75) is 50.4 Å². The molecule has 2 fully saturated rings. The van der Waals surface area contributed by atoms with Crippen LogP contribution in [0, 0.1) is 11.3 Å². The zero-order valence-electron chi connectivity index (χ0n) is 22.0. The van der Waals surface area contributed by atoms with Gasteiger partial charge in [-0.2, -0.15) is 0 Å². The lowest BCUT2D eigenvalue weighted by atomic mass is 9.89. The van der Waals surface area contributed by atoms with Gasteiger partial charge < -0.3 is 20.3 Å². The van der Waals surface area contributed by atoms with Crippen LogP contribution in [0.3, 0.4) is 0 Å². The van der Waals surface area contributed by atoms with Gasteiger partial charge in [-0.05, 0) is 61.3 Å². The van der Waals surface area contributed by atoms with Crippen molar-refractivity contribution in [2.75, 3.05) is 13.1 Å². The van der Waals surface area contributed by atoms with E-state index in [0.29, 0.717) is 48.6 Å². The number of likely N-dealkylation sites (tertiary alicyclic amines) is 1. The number of piperidine rings is 1. The summed E-state index contributed by atoms with van der Waals surface area (Å²) < 4.78 is 1.61. The summed E-state index contributed by atoms with van der Waals surface area (Å²) >= 11 is 0. The number of fused-ring (bicyclic) bond motifs is 1. The number of rotatable bonds is 8. The molecule has 2 heterocycles. The van der Waals surface area contributed by atoms with Crippen LogP contribution < -0.4 is 11.3 Å². The number of nitrogens with two attached hydrogens (primary N) is 1. The summed E-state index contributed by atoms with van der Waals surface area (Å²) in [7, 11) is 1.74. The summed E-state index contributed by atoms with van der Waals surface area (Å²) in [6.07, 6.45) is 4.46. The molecule has 0 bridgehead atoms. The summed E-state index contributed by atoms with van der Waals surface area (Å²) in [4.78, 5) is 44.2. The number of hydrogen-bond acceptors (Lipinski definition) is 5. The zero-order valence-corrected chi connectivity index (χ0v) is 22.8. The molecule has 2 aliphatic rings. The largest absolute Gasteiger partial charge is 0.481 e. The van der Waals surface area contributed by atoms with Crippen LogP contribution >= 0.6 is 12.4 Å². The number of nitrogens with one attached hydrogen (secondary N) is 1. The normalized spacial score (nSPS) is 16.5. The van der Waals surface area contributed by atoms with Gasteiger partial charge in [-0.1, -0.05) is 30.3 Å². The molecular formula is C29H34ClN5O4. The summed E-state index contributed by atoms with van der Waals surface area (Å²) in [5, 5.41) is 16.5. The molecule has 1 saturated heterocycles. The predicted molar refractivity (Wildman–Crippen MR) is 152 cm³/mol. The highest BCUT2D eigenvalue weighted by molar-refractivity contribution is 5.95. The third kappa shape index (κ3) is 5.68. The third-order valence-corrected chi connectivity index (χ3v) is 8.16. The van der Waals surface area contributed by atoms with Gasteiger partial charge in [0.1, 0.15) is 11.5 Å². The Hall–Kier alpha value is -3.72. The van der Waals surface area contributed by atoms with Crippen molar-refractivity contribution in [2.24, 2.45) is 18.7 Å². The molecule has 10 heteroatoms. The number of halogens is 1. The van der Waals surface area contributed by atoms with E-state index in [1.807, 2.05) is 35.2 Å². The Morgan fingerprint density at radius 3 is 2.38 bits per heavy atom. The number of carbonyl (C=O) groups is 2. The van der Waals surface area contributed by atoms with Gasteiger partial charge in [0, 0.05) is 38.5 Å². The van der Waals surface area contributed by atoms with Gasteiger partial charge in [0.25, 0.3) is 5.56 Å². The molecule has 9 nitrogen and oxygen atoms in total. The fourth-order valence-corrected chi connectivity index (χ4v) is 5.61. The highest BCUT2D eigenvalue weighted by Crippen LogP contribution is 2.50. The molecule has 1 aromatic heterocycles. The summed E-state index contributed by atoms with van der Waals surface area (Å²) in [5.41, 5.74) is 9.13. The Kier molecular flexibility index (Phi) is 8.11. The average molecular weight is 552 g/mol. The van der Waals surface area contributed by atoms with E-state index in [2.05, 4.69) is 0 Å². The second kappa shape index (κ2) is 11.2. The van der Waals surface area contributed by atoms with E-state index in [1.165, 1.54) is 0 Å². The first-order valence-corrected chi connectivity index (χ1v) is 13.1. The first-order valence-electron chi connectivity index (χ1n) is 13.1. The third-order valence-electron chi connectivity index (χ3n) is 8.16. The van der Waals surface area contributed by atoms with Crippen molar-refractivity contribution in [1.82, 2.24) is 14.5 Å². The van der Waals surface area contributed by atoms with Crippen LogP contribution in [-0.4, -0.2) is 50.4 Å². The van der Waals surface area contributed by atoms with Gasteiger partial charge in [-0.25, -0.2) is 4.98 Å². The smallest absolute Gasteiger partial charge is 0.303 e. The molecule has 4 N–H and O–H groups in total. The molecule has 206 valence electrons. The zero-order chi connectivity index (χ0) is 27.0. The first-order chi connectivity index (χ1) is 18.2. The maximum atomic E-state index is 13.6. The van der Waals surface area contributed by atoms with Gasteiger partial charge in [-0.15, -0.1) is 12.4 Å². The van der Waals surface area contributed by atoms with Crippen molar-refractivity contribution in [3.8, 4) is 0 Å². The van der Waals surface area contributed by atoms with E-state index < -0.39 is 11.4 Å². The van der Waals surface area contributed by atoms with Crippen molar-refractivity contribution >= 4 is 41.2 Å². The fraction of sp³-hybridized carbons (Fsp3) is 0.414. The molecular weight excluding hydrogens is 518 g/mol. The SMILES string of the molecule is Cl.Cn1c(=O)c(Cc2ccc(C(=N)N)cc2)nc2cc(C3(C(=O)N4CCC(CCC(=O)O)CC4)CC3)ccc21. The molecule has 1 amide bonds. The molecule has 5 rings (SSSR count). The molecule has 1 saturated carbocycles. The standard InChI is InChI=1S/C29H33N5O4.ClH/c1-33-24-8-7-21(29(12-13-29)28(38)34-14-10-18(11-15-34)4-9-25(35)36)17-22(24)32-23(27(33)37)16-19-2-5-20(6-3-19)26(30)31;/h2-3,5-8,17-18H,4,9-16H2,1H3,(H3,30,31)(H,35,36);1H. The number of benzene rings is 2. The molecule has 0 unspecified atom stereocenters. The van der Waals surface area contributed by atoms with E-state index in [-0.39, 0.29) is 36.1 Å². The topological polar surface area (TPSA) is 142 Å². The van der Waals surface area contributed by atoms with E-state index in [4.69, 9.17) is 21.2 Å². The van der Waals surface area contributed by atoms with Gasteiger partial charge in [0.05, 0.1) is 16.4 Å². The second-order valence-corrected chi connectivity index (χ2v) is 10.7. The van der Waals surface area contributed by atoms with Crippen molar-refractivity contribution < 1.29 is 14.7 Å². The lowest BCUT2D eigenvalue weighted by molar-refractivity contribution is -0.138. The van der Waals surface area contributed by atoms with Gasteiger partial charge >= 0.3 is 5.97 Å². The molecule has 1 aliphatic heterocycles. The maximum absolute atomic E-state index is 13.6. The minimum absolute atomic E-state index is 0. The molecule has 2 aromatic carbocycles. The Labute approximate surface area is 232 Å². The minimum atomic E-state index is -0.767. The highest BCUT2D eigenvalue weighted by Gasteiger charge is 2.53. The number of amides is 1. The van der Waals surface area contributed by atoms with Gasteiger partial charge in [0.15, 0.2) is 0 Å². The quantitative estimate of drug-likeness (QED) is 0.289. The number of carboxylic acid groups (broad SMARTS) is 1. The molecule has 39 heavy (non-hydrogen) atoms. The van der Waals surface area contributed by atoms with E-state index in [1.54, 1.807) is 23.7 Å². The number of amidine groups is 1. The molecule has 0 atom stereocenters. The molecule has 0 radical (unpaired) electrons. The van der Waals surface area contributed by atoms with Crippen molar-refractivity contribution in [1.29, 1.82) is 5.41 Å². The first kappa shape index (κ1) is 28.3. The fourth-order valence-electron chi connectivity index (χ4n) is 5.61. The van der Waals surface area contributed by atoms with Crippen LogP contribution in [0.2, 0.25) is 0 Å². The lowest BCUT2D eigenvalue weighted by Gasteiger charge is -2.34. The number of aryl methyl sites for hydroxylation is 1. The van der Waals surface area contributed by atoms with Crippen LogP contribution in [0.15, 0.2) is 47.3 Å². The van der Waals surface area contributed by atoms with Gasteiger partial charge in [0.2, 0.25) is 5.91 Å². The number of carbonyl (C=O) groups excluding carboxylic acids is 1. The average Bonchev–Trinajstić information content (AvgIpc) is 3.72. The van der Waals surface area contributed by atoms with Crippen LogP contribution in [0.1, 0.15) is 60.9 Å². The Morgan fingerprint density at radius 2 is 1.79 bits per heavy atom. The highest BCUT2D eigenvalue weighted by atomic mass is 35.5. The molecule has 3 aromatic rings. The van der Waals surface area contributed by atoms with E-state index >= 15 is 0 Å². The number of hydrogen-bond donors (Lipinski definition) is 3. The summed E-state index contributed by atoms with van der Waals surface area (Å²) in [6.45, 7) is 1.33. The maximum Gasteiger partial charge on any atom is 0.303 e. The van der Waals surface area contributed by atoms with E-state index in [0.717, 1.165) is 42.3 Å². The minimum Gasteiger partial charge on any atom is -0.481 e. The van der Waals surface area contributed by atoms with Crippen LogP contribution in [-0.2, 0) is 28.5 Å². The van der Waals surface area contributed by atoms with Crippen LogP contribution in [0.5, 0.6) is 0 Å². The number of aliphatic carboxylic acids is 1. The number of nitrogens with zero attached hydrogens (tertiary/aromatic N) is 3.